The fourth-order valence-corrected chi connectivity index (χ4v) is 4.72. The van der Waals surface area contributed by atoms with Crippen LogP contribution in [0.15, 0.2) is 48.5 Å². The summed E-state index contributed by atoms with van der Waals surface area (Å²) < 4.78 is 11.6. The van der Waals surface area contributed by atoms with Crippen LogP contribution in [0.4, 0.5) is 0 Å². The summed E-state index contributed by atoms with van der Waals surface area (Å²) in [4.78, 5) is 24.0. The number of carbonyl (C=O) groups is 2. The summed E-state index contributed by atoms with van der Waals surface area (Å²) in [7, 11) is 0. The molecule has 4 heteroatoms. The molecular weight excluding hydrogens is 316 g/mol. The van der Waals surface area contributed by atoms with Crippen molar-refractivity contribution in [3.05, 3.63) is 70.8 Å². The molecule has 2 aliphatic rings. The van der Waals surface area contributed by atoms with E-state index in [1.54, 1.807) is 0 Å². The molecule has 2 aliphatic carbocycles. The Morgan fingerprint density at radius 2 is 1.36 bits per heavy atom. The van der Waals surface area contributed by atoms with Gasteiger partial charge in [-0.2, -0.15) is 0 Å². The maximum atomic E-state index is 12.0. The van der Waals surface area contributed by atoms with Crippen molar-refractivity contribution in [2.24, 2.45) is 0 Å². The molecule has 0 saturated heterocycles. The summed E-state index contributed by atoms with van der Waals surface area (Å²) in [5.74, 6) is -2.23. The molecule has 0 aliphatic heterocycles. The monoisotopic (exact) mass is 336 g/mol. The number of ether oxygens (including phenoxy) is 2. The molecule has 1 spiro atoms. The topological polar surface area (TPSA) is 52.6 Å². The Balaban J connectivity index is 2.02. The molecule has 1 unspecified atom stereocenters. The third-order valence-electron chi connectivity index (χ3n) is 5.41. The number of hydrogen-bond acceptors (Lipinski definition) is 4. The van der Waals surface area contributed by atoms with Gasteiger partial charge in [0.05, 0.1) is 11.8 Å². The van der Waals surface area contributed by atoms with E-state index in [1.165, 1.54) is 19.4 Å². The smallest absolute Gasteiger partial charge is 0.305 e. The first-order valence-corrected chi connectivity index (χ1v) is 8.54. The van der Waals surface area contributed by atoms with Crippen LogP contribution in [0.5, 0.6) is 0 Å². The lowest BCUT2D eigenvalue weighted by Crippen LogP contribution is -2.54. The molecule has 0 bridgehead atoms. The number of carbonyl (C=O) groups excluding carboxylic acids is 2. The summed E-state index contributed by atoms with van der Waals surface area (Å²) in [6, 6.07) is 16.2. The van der Waals surface area contributed by atoms with Gasteiger partial charge in [-0.25, -0.2) is 0 Å². The van der Waals surface area contributed by atoms with E-state index in [-0.39, 0.29) is 0 Å². The molecule has 0 aromatic heterocycles. The fraction of sp³-hybridized carbons (Fsp3) is 0.333. The van der Waals surface area contributed by atoms with Crippen molar-refractivity contribution in [3.8, 4) is 0 Å². The van der Waals surface area contributed by atoms with Crippen LogP contribution in [0.25, 0.3) is 0 Å². The Bertz CT molecular complexity index is 841. The van der Waals surface area contributed by atoms with E-state index in [2.05, 4.69) is 18.2 Å². The average Bonchev–Trinajstić information content (AvgIpc) is 3.06. The summed E-state index contributed by atoms with van der Waals surface area (Å²) in [5, 5.41) is 0. The van der Waals surface area contributed by atoms with Gasteiger partial charge in [-0.05, 0) is 35.1 Å². The van der Waals surface area contributed by atoms with Gasteiger partial charge < -0.3 is 9.47 Å². The second-order valence-corrected chi connectivity index (χ2v) is 6.84. The van der Waals surface area contributed by atoms with E-state index in [0.29, 0.717) is 6.42 Å². The maximum absolute atomic E-state index is 12.0. The van der Waals surface area contributed by atoms with Crippen molar-refractivity contribution < 1.29 is 19.1 Å². The third kappa shape index (κ3) is 2.13. The van der Waals surface area contributed by atoms with Crippen LogP contribution in [-0.4, -0.2) is 17.7 Å². The van der Waals surface area contributed by atoms with Crippen LogP contribution in [0.1, 0.15) is 42.5 Å². The quantitative estimate of drug-likeness (QED) is 0.624. The first kappa shape index (κ1) is 15.9. The van der Waals surface area contributed by atoms with E-state index in [4.69, 9.17) is 9.47 Å². The Morgan fingerprint density at radius 1 is 0.840 bits per heavy atom. The van der Waals surface area contributed by atoms with Gasteiger partial charge >= 0.3 is 11.9 Å². The van der Waals surface area contributed by atoms with Crippen LogP contribution in [0.2, 0.25) is 0 Å². The first-order chi connectivity index (χ1) is 12.0. The fourth-order valence-electron chi connectivity index (χ4n) is 4.72. The molecule has 0 heterocycles. The van der Waals surface area contributed by atoms with Gasteiger partial charge in [0.1, 0.15) is 0 Å². The summed E-state index contributed by atoms with van der Waals surface area (Å²) in [6.45, 7) is 2.73. The van der Waals surface area contributed by atoms with Crippen molar-refractivity contribution in [1.29, 1.82) is 0 Å². The highest BCUT2D eigenvalue weighted by molar-refractivity contribution is 5.71. The van der Waals surface area contributed by atoms with E-state index in [0.717, 1.165) is 29.5 Å². The van der Waals surface area contributed by atoms with Crippen molar-refractivity contribution in [2.45, 2.75) is 44.3 Å². The summed E-state index contributed by atoms with van der Waals surface area (Å²) >= 11 is 0. The zero-order valence-corrected chi connectivity index (χ0v) is 14.4. The van der Waals surface area contributed by atoms with Crippen LogP contribution < -0.4 is 0 Å². The number of fused-ring (bicyclic) bond motifs is 4. The minimum atomic E-state index is -1.33. The molecule has 25 heavy (non-hydrogen) atoms. The van der Waals surface area contributed by atoms with Crippen molar-refractivity contribution in [2.75, 3.05) is 0 Å². The van der Waals surface area contributed by atoms with Gasteiger partial charge in [0.15, 0.2) is 0 Å². The average molecular weight is 336 g/mol. The van der Waals surface area contributed by atoms with Crippen molar-refractivity contribution >= 4 is 11.9 Å². The highest BCUT2D eigenvalue weighted by atomic mass is 16.7. The molecule has 0 fully saturated rings. The van der Waals surface area contributed by atoms with Gasteiger partial charge in [-0.15, -0.1) is 0 Å². The van der Waals surface area contributed by atoms with Gasteiger partial charge in [0, 0.05) is 13.8 Å². The second-order valence-electron chi connectivity index (χ2n) is 6.84. The predicted molar refractivity (Wildman–Crippen MR) is 92.0 cm³/mol. The number of hydrogen-bond donors (Lipinski definition) is 0. The van der Waals surface area contributed by atoms with Gasteiger partial charge in [-0.3, -0.25) is 9.59 Å². The van der Waals surface area contributed by atoms with E-state index < -0.39 is 23.1 Å². The van der Waals surface area contributed by atoms with Gasteiger partial charge in [0.2, 0.25) is 0 Å². The molecule has 0 amide bonds. The van der Waals surface area contributed by atoms with Gasteiger partial charge in [0.25, 0.3) is 5.79 Å². The Hall–Kier alpha value is -2.62. The van der Waals surface area contributed by atoms with E-state index >= 15 is 0 Å². The molecule has 1 atom stereocenters. The van der Waals surface area contributed by atoms with E-state index in [1.807, 2.05) is 30.3 Å². The molecular formula is C21H20O4. The van der Waals surface area contributed by atoms with Crippen molar-refractivity contribution in [1.82, 2.24) is 0 Å². The standard InChI is InChI=1S/C21H20O4/c1-14(22)24-21(25-15(2)23)13-17-8-4-6-10-19(17)20(21)12-11-16-7-3-5-9-18(16)20/h3-10H,11-13H2,1-2H3. The Kier molecular flexibility index (Phi) is 3.46. The van der Waals surface area contributed by atoms with E-state index in [9.17, 15) is 9.59 Å². The lowest BCUT2D eigenvalue weighted by molar-refractivity contribution is -0.242. The summed E-state index contributed by atoms with van der Waals surface area (Å²) in [5.41, 5.74) is 3.78. The minimum absolute atomic E-state index is 0.372. The number of rotatable bonds is 2. The van der Waals surface area contributed by atoms with Crippen LogP contribution in [-0.2, 0) is 37.3 Å². The molecule has 2 aromatic rings. The molecule has 0 N–H and O–H groups in total. The zero-order chi connectivity index (χ0) is 17.7. The zero-order valence-electron chi connectivity index (χ0n) is 14.4. The molecule has 4 nitrogen and oxygen atoms in total. The van der Waals surface area contributed by atoms with Crippen LogP contribution >= 0.6 is 0 Å². The minimum Gasteiger partial charge on any atom is -0.421 e. The highest BCUT2D eigenvalue weighted by Gasteiger charge is 2.65. The van der Waals surface area contributed by atoms with Gasteiger partial charge in [-0.1, -0.05) is 48.5 Å². The van der Waals surface area contributed by atoms with Crippen molar-refractivity contribution in [3.63, 3.8) is 0 Å². The van der Waals surface area contributed by atoms with Crippen LogP contribution in [0, 0.1) is 0 Å². The summed E-state index contributed by atoms with van der Waals surface area (Å²) in [6.07, 6.45) is 1.97. The maximum Gasteiger partial charge on any atom is 0.305 e. The number of aryl methyl sites for hydroxylation is 1. The number of benzene rings is 2. The highest BCUT2D eigenvalue weighted by Crippen LogP contribution is 2.59. The van der Waals surface area contributed by atoms with Crippen LogP contribution in [0.3, 0.4) is 0 Å². The first-order valence-electron chi connectivity index (χ1n) is 8.54. The number of esters is 2. The lowest BCUT2D eigenvalue weighted by atomic mass is 9.72. The Morgan fingerprint density at radius 3 is 1.96 bits per heavy atom. The second kappa shape index (κ2) is 5.45. The molecule has 2 aromatic carbocycles. The SMILES string of the molecule is CC(=O)OC1(OC(C)=O)Cc2ccccc2C12CCc1ccccc12. The molecule has 128 valence electrons. The molecule has 4 rings (SSSR count). The third-order valence-corrected chi connectivity index (χ3v) is 5.41. The largest absolute Gasteiger partial charge is 0.421 e. The molecule has 0 saturated carbocycles. The normalized spacial score (nSPS) is 22.3. The Labute approximate surface area is 146 Å². The molecule has 0 radical (unpaired) electrons. The lowest BCUT2D eigenvalue weighted by Gasteiger charge is -2.42. The predicted octanol–water partition coefficient (Wildman–Crippen LogP) is 3.30.